The number of benzene rings is 2. The molecule has 4 rings (SSSR count). The molecule has 1 aliphatic heterocycles. The first kappa shape index (κ1) is 20.4. The van der Waals surface area contributed by atoms with E-state index in [9.17, 15) is 19.7 Å². The zero-order valence-corrected chi connectivity index (χ0v) is 17.1. The predicted molar refractivity (Wildman–Crippen MR) is 114 cm³/mol. The number of rotatable bonds is 5. The van der Waals surface area contributed by atoms with Gasteiger partial charge in [0.05, 0.1) is 16.5 Å². The molecule has 1 fully saturated rings. The molecule has 3 aromatic rings. The molecule has 0 bridgehead atoms. The van der Waals surface area contributed by atoms with Crippen LogP contribution in [0.1, 0.15) is 16.9 Å². The van der Waals surface area contributed by atoms with Gasteiger partial charge in [0.15, 0.2) is 0 Å². The minimum Gasteiger partial charge on any atom is -0.457 e. The zero-order valence-electron chi connectivity index (χ0n) is 16.3. The molecule has 9 heteroatoms. The molecular weight excluding hydrogens is 422 g/mol. The van der Waals surface area contributed by atoms with Crippen LogP contribution in [0.15, 0.2) is 64.7 Å². The molecular formula is C22H16ClN3O5. The van der Waals surface area contributed by atoms with Gasteiger partial charge in [-0.3, -0.25) is 19.8 Å². The molecule has 1 saturated heterocycles. The van der Waals surface area contributed by atoms with Gasteiger partial charge < -0.3 is 9.73 Å². The minimum atomic E-state index is -0.537. The van der Waals surface area contributed by atoms with Gasteiger partial charge in [0.1, 0.15) is 17.2 Å². The van der Waals surface area contributed by atoms with Crippen LogP contribution < -0.4 is 5.32 Å². The number of nitrogens with zero attached hydrogens (tertiary/aromatic N) is 2. The number of aryl methyl sites for hydroxylation is 1. The van der Waals surface area contributed by atoms with E-state index in [-0.39, 0.29) is 23.0 Å². The second-order valence-corrected chi connectivity index (χ2v) is 7.40. The predicted octanol–water partition coefficient (Wildman–Crippen LogP) is 4.91. The Bertz CT molecular complexity index is 1230. The van der Waals surface area contributed by atoms with Crippen LogP contribution in [0, 0.1) is 17.0 Å². The van der Waals surface area contributed by atoms with E-state index in [0.717, 1.165) is 16.0 Å². The van der Waals surface area contributed by atoms with Gasteiger partial charge in [-0.05, 0) is 30.7 Å². The molecule has 1 N–H and O–H groups in total. The van der Waals surface area contributed by atoms with Crippen molar-refractivity contribution in [1.82, 2.24) is 10.2 Å². The molecule has 2 heterocycles. The lowest BCUT2D eigenvalue weighted by molar-refractivity contribution is -0.384. The van der Waals surface area contributed by atoms with E-state index in [4.69, 9.17) is 16.0 Å². The Morgan fingerprint density at radius 3 is 2.55 bits per heavy atom. The fourth-order valence-corrected chi connectivity index (χ4v) is 3.39. The van der Waals surface area contributed by atoms with Gasteiger partial charge in [-0.1, -0.05) is 41.4 Å². The normalized spacial score (nSPS) is 14.9. The largest absolute Gasteiger partial charge is 0.457 e. The van der Waals surface area contributed by atoms with Crippen LogP contribution in [0.4, 0.5) is 10.5 Å². The lowest BCUT2D eigenvalue weighted by Crippen LogP contribution is -2.30. The smallest absolute Gasteiger partial charge is 0.329 e. The van der Waals surface area contributed by atoms with E-state index in [1.54, 1.807) is 12.1 Å². The summed E-state index contributed by atoms with van der Waals surface area (Å²) in [6.45, 7) is 2.11. The van der Waals surface area contributed by atoms with Crippen molar-refractivity contribution in [2.24, 2.45) is 0 Å². The van der Waals surface area contributed by atoms with Crippen LogP contribution in [0.2, 0.25) is 5.02 Å². The van der Waals surface area contributed by atoms with Gasteiger partial charge in [0.25, 0.3) is 11.6 Å². The van der Waals surface area contributed by atoms with Crippen molar-refractivity contribution in [3.63, 3.8) is 0 Å². The molecule has 1 aliphatic rings. The number of halogens is 1. The van der Waals surface area contributed by atoms with E-state index < -0.39 is 16.9 Å². The third-order valence-electron chi connectivity index (χ3n) is 4.77. The summed E-state index contributed by atoms with van der Waals surface area (Å²) in [6, 6.07) is 14.3. The maximum absolute atomic E-state index is 12.7. The first-order chi connectivity index (χ1) is 14.8. The van der Waals surface area contributed by atoms with E-state index >= 15 is 0 Å². The highest BCUT2D eigenvalue weighted by molar-refractivity contribution is 6.33. The third-order valence-corrected chi connectivity index (χ3v) is 5.08. The van der Waals surface area contributed by atoms with Crippen LogP contribution in [-0.2, 0) is 11.3 Å². The summed E-state index contributed by atoms with van der Waals surface area (Å²) in [6.07, 6.45) is 1.43. The van der Waals surface area contributed by atoms with Gasteiger partial charge in [0, 0.05) is 23.8 Å². The van der Waals surface area contributed by atoms with Crippen molar-refractivity contribution >= 4 is 35.3 Å². The van der Waals surface area contributed by atoms with Crippen molar-refractivity contribution in [3.8, 4) is 11.3 Å². The number of imide groups is 1. The molecule has 8 nitrogen and oxygen atoms in total. The van der Waals surface area contributed by atoms with Crippen molar-refractivity contribution in [1.29, 1.82) is 0 Å². The van der Waals surface area contributed by atoms with Crippen LogP contribution in [0.5, 0.6) is 0 Å². The average molecular weight is 438 g/mol. The Kier molecular flexibility index (Phi) is 5.31. The van der Waals surface area contributed by atoms with Gasteiger partial charge in [-0.25, -0.2) is 4.79 Å². The number of furan rings is 1. The van der Waals surface area contributed by atoms with Crippen LogP contribution in [-0.4, -0.2) is 21.8 Å². The Morgan fingerprint density at radius 1 is 1.13 bits per heavy atom. The summed E-state index contributed by atoms with van der Waals surface area (Å²) in [5.74, 6) is 0.238. The maximum atomic E-state index is 12.7. The molecule has 3 amide bonds. The number of urea groups is 1. The third kappa shape index (κ3) is 4.19. The second-order valence-electron chi connectivity index (χ2n) is 6.99. The molecule has 0 radical (unpaired) electrons. The number of nitro groups is 1. The van der Waals surface area contributed by atoms with Gasteiger partial charge in [0.2, 0.25) is 0 Å². The maximum Gasteiger partial charge on any atom is 0.329 e. The fourth-order valence-electron chi connectivity index (χ4n) is 3.13. The number of carbonyl (C=O) groups excluding carboxylic acids is 2. The van der Waals surface area contributed by atoms with Crippen LogP contribution >= 0.6 is 11.6 Å². The highest BCUT2D eigenvalue weighted by Crippen LogP contribution is 2.32. The van der Waals surface area contributed by atoms with Crippen molar-refractivity contribution in [3.05, 3.63) is 92.3 Å². The lowest BCUT2D eigenvalue weighted by atomic mass is 10.1. The number of hydrogen-bond donors (Lipinski definition) is 1. The quantitative estimate of drug-likeness (QED) is 0.264. The summed E-state index contributed by atoms with van der Waals surface area (Å²) in [7, 11) is 0. The highest BCUT2D eigenvalue weighted by atomic mass is 35.5. The number of carbonyl (C=O) groups is 2. The topological polar surface area (TPSA) is 106 Å². The van der Waals surface area contributed by atoms with Crippen molar-refractivity contribution in [2.45, 2.75) is 13.5 Å². The summed E-state index contributed by atoms with van der Waals surface area (Å²) in [5, 5.41) is 13.6. The summed E-state index contributed by atoms with van der Waals surface area (Å²) in [4.78, 5) is 36.4. The van der Waals surface area contributed by atoms with Gasteiger partial charge in [-0.15, -0.1) is 0 Å². The lowest BCUT2D eigenvalue weighted by Gasteiger charge is -2.11. The average Bonchev–Trinajstić information content (AvgIpc) is 3.29. The molecule has 0 aliphatic carbocycles. The monoisotopic (exact) mass is 437 g/mol. The van der Waals surface area contributed by atoms with Gasteiger partial charge in [-0.2, -0.15) is 0 Å². The van der Waals surface area contributed by atoms with Crippen molar-refractivity contribution < 1.29 is 18.9 Å². The molecule has 0 spiro atoms. The molecule has 31 heavy (non-hydrogen) atoms. The summed E-state index contributed by atoms with van der Waals surface area (Å²) < 4.78 is 5.71. The van der Waals surface area contributed by atoms with Crippen LogP contribution in [0.3, 0.4) is 0 Å². The second kappa shape index (κ2) is 8.08. The standard InChI is InChI=1S/C22H16ClN3O5/c1-13-2-4-14(5-3-13)12-25-21(27)19(24-22(25)28)11-16-7-9-20(31-16)17-8-6-15(26(29)30)10-18(17)23/h2-11H,12H2,1H3,(H,24,28)/b19-11+. The number of nitrogens with one attached hydrogen (secondary N) is 1. The zero-order chi connectivity index (χ0) is 22.1. The van der Waals surface area contributed by atoms with Crippen molar-refractivity contribution in [2.75, 3.05) is 0 Å². The molecule has 2 aromatic carbocycles. The number of amides is 3. The number of nitro benzene ring substituents is 1. The molecule has 0 atom stereocenters. The first-order valence-corrected chi connectivity index (χ1v) is 9.64. The van der Waals surface area contributed by atoms with Gasteiger partial charge >= 0.3 is 6.03 Å². The molecule has 0 saturated carbocycles. The number of hydrogen-bond acceptors (Lipinski definition) is 5. The summed E-state index contributed by atoms with van der Waals surface area (Å²) in [5.41, 5.74) is 2.36. The Hall–Kier alpha value is -3.91. The first-order valence-electron chi connectivity index (χ1n) is 9.26. The minimum absolute atomic E-state index is 0.0906. The Labute approximate surface area is 181 Å². The van der Waals surface area contributed by atoms with E-state index in [2.05, 4.69) is 5.32 Å². The van der Waals surface area contributed by atoms with Crippen LogP contribution in [0.25, 0.3) is 17.4 Å². The Morgan fingerprint density at radius 2 is 1.87 bits per heavy atom. The SMILES string of the molecule is Cc1ccc(CN2C(=O)N/C(=C/c3ccc(-c4ccc([N+](=O)[O-])cc4Cl)o3)C2=O)cc1. The molecule has 156 valence electrons. The Balaban J connectivity index is 1.54. The van der Waals surface area contributed by atoms with E-state index in [1.165, 1.54) is 24.3 Å². The highest BCUT2D eigenvalue weighted by Gasteiger charge is 2.33. The summed E-state index contributed by atoms with van der Waals surface area (Å²) >= 11 is 6.14. The molecule has 0 unspecified atom stereocenters. The number of non-ortho nitro benzene ring substituents is 1. The van der Waals surface area contributed by atoms with E-state index in [1.807, 2.05) is 31.2 Å². The molecule has 1 aromatic heterocycles. The fraction of sp³-hybridized carbons (Fsp3) is 0.0909. The van der Waals surface area contributed by atoms with E-state index in [0.29, 0.717) is 17.1 Å².